The lowest BCUT2D eigenvalue weighted by atomic mass is 9.50. The van der Waals surface area contributed by atoms with Crippen molar-refractivity contribution < 1.29 is 24.2 Å². The number of hydrogen-bond acceptors (Lipinski definition) is 5. The molecule has 1 fully saturated rings. The number of fused-ring (bicyclic) bond motifs is 3. The van der Waals surface area contributed by atoms with Crippen LogP contribution in [0.15, 0.2) is 34.4 Å². The molecule has 0 aromatic heterocycles. The molecule has 0 aromatic carbocycles. The van der Waals surface area contributed by atoms with Crippen LogP contribution >= 0.6 is 0 Å². The fraction of sp³-hybridized carbons (Fsp3) is 0.667. The Balaban J connectivity index is 1.72. The van der Waals surface area contributed by atoms with Gasteiger partial charge in [0.1, 0.15) is 11.7 Å². The molecule has 5 aliphatic carbocycles. The lowest BCUT2D eigenvalue weighted by molar-refractivity contribution is -0.155. The molecule has 0 bridgehead atoms. The zero-order valence-electron chi connectivity index (χ0n) is 19.6. The van der Waals surface area contributed by atoms with Crippen molar-refractivity contribution in [3.05, 3.63) is 34.4 Å². The number of hydrogen-bond donors (Lipinski definition) is 1. The van der Waals surface area contributed by atoms with Gasteiger partial charge in [0.15, 0.2) is 5.78 Å². The first-order valence-electron chi connectivity index (χ1n) is 12.2. The van der Waals surface area contributed by atoms with Crippen LogP contribution in [-0.2, 0) is 19.1 Å². The van der Waals surface area contributed by atoms with E-state index in [0.717, 1.165) is 42.4 Å². The summed E-state index contributed by atoms with van der Waals surface area (Å²) in [6.45, 7) is 8.12. The highest BCUT2D eigenvalue weighted by Gasteiger charge is 2.66. The van der Waals surface area contributed by atoms with Crippen LogP contribution in [0.1, 0.15) is 79.1 Å². The first-order valence-corrected chi connectivity index (χ1v) is 12.2. The molecule has 6 atom stereocenters. The third-order valence-electron chi connectivity index (χ3n) is 9.57. The predicted molar refractivity (Wildman–Crippen MR) is 120 cm³/mol. The molecule has 0 aliphatic heterocycles. The van der Waals surface area contributed by atoms with Crippen LogP contribution in [-0.4, -0.2) is 34.9 Å². The number of carbonyl (C=O) groups excluding carboxylic acids is 3. The largest absolute Gasteiger partial charge is 0.462 e. The van der Waals surface area contributed by atoms with E-state index in [-0.39, 0.29) is 23.1 Å². The molecule has 0 saturated heterocycles. The predicted octanol–water partition coefficient (Wildman–Crippen LogP) is 4.39. The quantitative estimate of drug-likeness (QED) is 0.661. The lowest BCUT2D eigenvalue weighted by Gasteiger charge is -2.53. The van der Waals surface area contributed by atoms with Crippen LogP contribution < -0.4 is 0 Å². The Kier molecular flexibility index (Phi) is 4.77. The van der Waals surface area contributed by atoms with E-state index in [4.69, 9.17) is 4.74 Å². The summed E-state index contributed by atoms with van der Waals surface area (Å²) in [5, 5.41) is 11.6. The monoisotopic (exact) mass is 438 g/mol. The number of Topliss-reactive ketones (excluding diaryl/α,β-unsaturated/α-hetero) is 1. The summed E-state index contributed by atoms with van der Waals surface area (Å²) >= 11 is 0. The number of esters is 1. The van der Waals surface area contributed by atoms with Crippen molar-refractivity contribution in [3.63, 3.8) is 0 Å². The van der Waals surface area contributed by atoms with Gasteiger partial charge in [0, 0.05) is 18.3 Å². The molecular formula is C27H34O5. The summed E-state index contributed by atoms with van der Waals surface area (Å²) in [6.07, 6.45) is 7.87. The van der Waals surface area contributed by atoms with Crippen molar-refractivity contribution in [1.82, 2.24) is 0 Å². The Labute approximate surface area is 190 Å². The highest BCUT2D eigenvalue weighted by Crippen LogP contribution is 2.70. The Morgan fingerprint density at radius 1 is 1.19 bits per heavy atom. The third-order valence-corrected chi connectivity index (χ3v) is 9.57. The lowest BCUT2D eigenvalue weighted by Crippen LogP contribution is -2.51. The van der Waals surface area contributed by atoms with E-state index >= 15 is 0 Å². The molecule has 0 radical (unpaired) electrons. The molecule has 5 heteroatoms. The second kappa shape index (κ2) is 6.99. The average Bonchev–Trinajstić information content (AvgIpc) is 3.19. The zero-order chi connectivity index (χ0) is 23.1. The molecule has 5 aliphatic rings. The highest BCUT2D eigenvalue weighted by molar-refractivity contribution is 5.96. The van der Waals surface area contributed by atoms with Gasteiger partial charge in [-0.2, -0.15) is 0 Å². The number of aliphatic hydroxyl groups excluding tert-OH is 1. The van der Waals surface area contributed by atoms with E-state index in [9.17, 15) is 19.5 Å². The van der Waals surface area contributed by atoms with E-state index < -0.39 is 28.8 Å². The van der Waals surface area contributed by atoms with Crippen molar-refractivity contribution in [2.75, 3.05) is 0 Å². The smallest absolute Gasteiger partial charge is 0.316 e. The maximum Gasteiger partial charge on any atom is 0.316 e. The summed E-state index contributed by atoms with van der Waals surface area (Å²) in [5.41, 5.74) is 2.48. The number of rotatable bonds is 3. The summed E-state index contributed by atoms with van der Waals surface area (Å²) in [7, 11) is 0. The van der Waals surface area contributed by atoms with Crippen LogP contribution in [0.5, 0.6) is 0 Å². The first kappa shape index (κ1) is 21.8. The van der Waals surface area contributed by atoms with Gasteiger partial charge < -0.3 is 9.84 Å². The van der Waals surface area contributed by atoms with E-state index in [1.165, 1.54) is 0 Å². The molecule has 2 unspecified atom stereocenters. The molecule has 172 valence electrons. The molecule has 0 heterocycles. The summed E-state index contributed by atoms with van der Waals surface area (Å²) in [6, 6.07) is 0. The van der Waals surface area contributed by atoms with Gasteiger partial charge >= 0.3 is 5.97 Å². The van der Waals surface area contributed by atoms with Crippen LogP contribution in [0, 0.1) is 22.2 Å². The molecule has 1 N–H and O–H groups in total. The molecule has 5 rings (SSSR count). The van der Waals surface area contributed by atoms with Gasteiger partial charge in [-0.15, -0.1) is 0 Å². The third kappa shape index (κ3) is 2.57. The SMILES string of the molecule is CCC(C)OC(=O)[C@H]1C2=C(CC[C@@]34C(=O)CC[C@]3(C)CC=C24)C2(C)CCC(=O)C=C2[C@H]1O. The maximum absolute atomic E-state index is 13.5. The molecule has 1 saturated carbocycles. The molecule has 5 nitrogen and oxygen atoms in total. The van der Waals surface area contributed by atoms with Gasteiger partial charge in [-0.1, -0.05) is 32.4 Å². The molecule has 0 aromatic rings. The van der Waals surface area contributed by atoms with Gasteiger partial charge in [0.05, 0.1) is 17.6 Å². The molecule has 1 spiro atoms. The normalized spacial score (nSPS) is 41.3. The topological polar surface area (TPSA) is 80.7 Å². The minimum absolute atomic E-state index is 0.000487. The van der Waals surface area contributed by atoms with Crippen molar-refractivity contribution in [2.45, 2.75) is 91.3 Å². The van der Waals surface area contributed by atoms with Crippen molar-refractivity contribution in [1.29, 1.82) is 0 Å². The second-order valence-corrected chi connectivity index (χ2v) is 11.1. The van der Waals surface area contributed by atoms with Gasteiger partial charge in [-0.3, -0.25) is 14.4 Å². The summed E-state index contributed by atoms with van der Waals surface area (Å²) in [4.78, 5) is 39.2. The second-order valence-electron chi connectivity index (χ2n) is 11.1. The first-order chi connectivity index (χ1) is 15.1. The van der Waals surface area contributed by atoms with Crippen LogP contribution in [0.2, 0.25) is 0 Å². The highest BCUT2D eigenvalue weighted by atomic mass is 16.5. The minimum Gasteiger partial charge on any atom is -0.462 e. The number of ether oxygens (including phenoxy) is 1. The van der Waals surface area contributed by atoms with E-state index in [0.29, 0.717) is 31.3 Å². The van der Waals surface area contributed by atoms with Gasteiger partial charge in [0.2, 0.25) is 0 Å². The van der Waals surface area contributed by atoms with Gasteiger partial charge in [-0.25, -0.2) is 0 Å². The Morgan fingerprint density at radius 3 is 2.66 bits per heavy atom. The van der Waals surface area contributed by atoms with Crippen LogP contribution in [0.3, 0.4) is 0 Å². The Bertz CT molecular complexity index is 1020. The maximum atomic E-state index is 13.5. The van der Waals surface area contributed by atoms with E-state index in [1.54, 1.807) is 6.08 Å². The van der Waals surface area contributed by atoms with Crippen LogP contribution in [0.25, 0.3) is 0 Å². The number of allylic oxidation sites excluding steroid dienone is 4. The minimum atomic E-state index is -1.11. The average molecular weight is 439 g/mol. The summed E-state index contributed by atoms with van der Waals surface area (Å²) in [5.74, 6) is -1.05. The Morgan fingerprint density at radius 2 is 1.94 bits per heavy atom. The number of aliphatic hydroxyl groups is 1. The summed E-state index contributed by atoms with van der Waals surface area (Å²) < 4.78 is 5.75. The van der Waals surface area contributed by atoms with E-state index in [2.05, 4.69) is 19.9 Å². The van der Waals surface area contributed by atoms with Crippen molar-refractivity contribution >= 4 is 17.5 Å². The van der Waals surface area contributed by atoms with Crippen LogP contribution in [0.4, 0.5) is 0 Å². The fourth-order valence-corrected chi connectivity index (χ4v) is 7.46. The Hall–Kier alpha value is -2.01. The standard InChI is InChI=1S/C27H34O5/c1-5-15(2)32-24(31)22-21-17(26(4)12-6-16(28)14-19(26)23(22)30)8-13-27-18(21)7-10-25(27,3)11-9-20(27)29/h7,14-15,22-23,30H,5-6,8-13H2,1-4H3/t15?,22-,23+,25-,26?,27+/m0/s1. The van der Waals surface area contributed by atoms with E-state index in [1.807, 2.05) is 13.8 Å². The van der Waals surface area contributed by atoms with Gasteiger partial charge in [-0.05, 0) is 73.7 Å². The van der Waals surface area contributed by atoms with Crippen molar-refractivity contribution in [3.8, 4) is 0 Å². The fourth-order valence-electron chi connectivity index (χ4n) is 7.46. The number of carbonyl (C=O) groups is 3. The molecule has 0 amide bonds. The number of ketones is 2. The molecular weight excluding hydrogens is 404 g/mol. The van der Waals surface area contributed by atoms with Gasteiger partial charge in [0.25, 0.3) is 0 Å². The van der Waals surface area contributed by atoms with Crippen molar-refractivity contribution in [2.24, 2.45) is 22.2 Å². The zero-order valence-corrected chi connectivity index (χ0v) is 19.6. The molecule has 32 heavy (non-hydrogen) atoms.